The van der Waals surface area contributed by atoms with Gasteiger partial charge in [0.15, 0.2) is 0 Å². The zero-order chi connectivity index (χ0) is 17.4. The number of hydrogen-bond donors (Lipinski definition) is 0. The maximum atomic E-state index is 13.0. The number of aliphatic imine (C=N–C) groups is 1. The number of carbonyl (C=O) groups is 1. The molecular weight excluding hydrogens is 291 g/mol. The number of halogens is 1. The first-order valence-electron chi connectivity index (χ1n) is 8.18. The van der Waals surface area contributed by atoms with Crippen molar-refractivity contribution in [3.05, 3.63) is 41.3 Å². The van der Waals surface area contributed by atoms with Gasteiger partial charge < -0.3 is 4.90 Å². The molecule has 0 unspecified atom stereocenters. The molecule has 0 aliphatic heterocycles. The molecule has 4 heteroatoms. The van der Waals surface area contributed by atoms with E-state index in [2.05, 4.69) is 11.9 Å². The number of rotatable bonds is 7. The summed E-state index contributed by atoms with van der Waals surface area (Å²) in [5.74, 6) is -0.282. The van der Waals surface area contributed by atoms with Crippen molar-refractivity contribution in [1.29, 1.82) is 0 Å². The maximum absolute atomic E-state index is 13.0. The Bertz CT molecular complexity index is 588. The lowest BCUT2D eigenvalue weighted by Crippen LogP contribution is -2.36. The number of carbonyl (C=O) groups excluding carboxylic acids is 1. The number of hydrogen-bond acceptors (Lipinski definition) is 2. The molecule has 0 saturated heterocycles. The molecule has 0 aromatic heterocycles. The Kier molecular flexibility index (Phi) is 7.66. The SMILES string of the molecule is CCCCN(CC)C(=O)C(C)=N/C(C)=C(\C)c1ccc(F)cc1. The van der Waals surface area contributed by atoms with E-state index in [4.69, 9.17) is 0 Å². The van der Waals surface area contributed by atoms with E-state index in [0.717, 1.165) is 36.2 Å². The minimum atomic E-state index is -0.261. The van der Waals surface area contributed by atoms with Crippen LogP contribution in [0.15, 0.2) is 35.0 Å². The third kappa shape index (κ3) is 5.62. The van der Waals surface area contributed by atoms with Crippen LogP contribution in [0.5, 0.6) is 0 Å². The zero-order valence-electron chi connectivity index (χ0n) is 14.8. The van der Waals surface area contributed by atoms with Crippen LogP contribution in [-0.4, -0.2) is 29.6 Å². The lowest BCUT2D eigenvalue weighted by atomic mass is 10.1. The highest BCUT2D eigenvalue weighted by atomic mass is 19.1. The lowest BCUT2D eigenvalue weighted by molar-refractivity contribution is -0.124. The highest BCUT2D eigenvalue weighted by Gasteiger charge is 2.14. The molecule has 23 heavy (non-hydrogen) atoms. The van der Waals surface area contributed by atoms with E-state index in [0.29, 0.717) is 12.3 Å². The Hall–Kier alpha value is -1.97. The number of allylic oxidation sites excluding steroid dienone is 2. The molecule has 0 aliphatic carbocycles. The van der Waals surface area contributed by atoms with Crippen molar-refractivity contribution >= 4 is 17.2 Å². The molecule has 0 saturated carbocycles. The molecule has 0 N–H and O–H groups in total. The van der Waals surface area contributed by atoms with Gasteiger partial charge in [0.1, 0.15) is 11.5 Å². The molecule has 1 amide bonds. The average Bonchev–Trinajstić information content (AvgIpc) is 2.55. The summed E-state index contributed by atoms with van der Waals surface area (Å²) in [6, 6.07) is 6.30. The van der Waals surface area contributed by atoms with Gasteiger partial charge in [-0.1, -0.05) is 25.5 Å². The zero-order valence-corrected chi connectivity index (χ0v) is 14.8. The summed E-state index contributed by atoms with van der Waals surface area (Å²) < 4.78 is 13.0. The molecule has 1 rings (SSSR count). The van der Waals surface area contributed by atoms with Gasteiger partial charge in [0.25, 0.3) is 5.91 Å². The first-order valence-corrected chi connectivity index (χ1v) is 8.18. The molecular formula is C19H27FN2O. The minimum absolute atomic E-state index is 0.0211. The topological polar surface area (TPSA) is 32.7 Å². The Labute approximate surface area is 138 Å². The van der Waals surface area contributed by atoms with Gasteiger partial charge in [0.2, 0.25) is 0 Å². The third-order valence-corrected chi connectivity index (χ3v) is 3.92. The summed E-state index contributed by atoms with van der Waals surface area (Å²) in [7, 11) is 0. The molecule has 0 radical (unpaired) electrons. The average molecular weight is 318 g/mol. The van der Waals surface area contributed by atoms with Crippen molar-refractivity contribution in [3.63, 3.8) is 0 Å². The standard InChI is InChI=1S/C19H27FN2O/c1-6-8-13-22(7-2)19(23)16(5)21-15(4)14(3)17-9-11-18(20)12-10-17/h9-12H,6-8,13H2,1-5H3/b15-14+,21-16?. The second kappa shape index (κ2) is 9.23. The summed E-state index contributed by atoms with van der Waals surface area (Å²) in [5.41, 5.74) is 3.11. The van der Waals surface area contributed by atoms with E-state index in [1.165, 1.54) is 12.1 Å². The van der Waals surface area contributed by atoms with Gasteiger partial charge in [0, 0.05) is 18.8 Å². The van der Waals surface area contributed by atoms with Crippen LogP contribution in [0, 0.1) is 5.82 Å². The Morgan fingerprint density at radius 3 is 2.26 bits per heavy atom. The molecule has 0 aliphatic rings. The monoisotopic (exact) mass is 318 g/mol. The third-order valence-electron chi connectivity index (χ3n) is 3.92. The van der Waals surface area contributed by atoms with Crippen molar-refractivity contribution in [2.75, 3.05) is 13.1 Å². The Morgan fingerprint density at radius 2 is 1.74 bits per heavy atom. The normalized spacial score (nSPS) is 12.9. The largest absolute Gasteiger partial charge is 0.338 e. The number of unbranched alkanes of at least 4 members (excludes halogenated alkanes) is 1. The summed E-state index contributed by atoms with van der Waals surface area (Å²) in [5, 5.41) is 0. The van der Waals surface area contributed by atoms with Crippen LogP contribution in [0.3, 0.4) is 0 Å². The van der Waals surface area contributed by atoms with Gasteiger partial charge in [-0.05, 0) is 57.4 Å². The summed E-state index contributed by atoms with van der Waals surface area (Å²) in [6.45, 7) is 11.1. The summed E-state index contributed by atoms with van der Waals surface area (Å²) in [4.78, 5) is 18.7. The second-order valence-corrected chi connectivity index (χ2v) is 5.65. The Balaban J connectivity index is 2.95. The summed E-state index contributed by atoms with van der Waals surface area (Å²) in [6.07, 6.45) is 2.05. The fraction of sp³-hybridized carbons (Fsp3) is 0.474. The minimum Gasteiger partial charge on any atom is -0.338 e. The highest BCUT2D eigenvalue weighted by Crippen LogP contribution is 2.19. The van der Waals surface area contributed by atoms with Gasteiger partial charge >= 0.3 is 0 Å². The summed E-state index contributed by atoms with van der Waals surface area (Å²) >= 11 is 0. The van der Waals surface area contributed by atoms with Gasteiger partial charge in [-0.3, -0.25) is 9.79 Å². The quantitative estimate of drug-likeness (QED) is 0.671. The molecule has 0 spiro atoms. The van der Waals surface area contributed by atoms with Crippen molar-refractivity contribution < 1.29 is 9.18 Å². The van der Waals surface area contributed by atoms with Gasteiger partial charge in [-0.2, -0.15) is 0 Å². The number of nitrogens with zero attached hydrogens (tertiary/aromatic N) is 2. The fourth-order valence-electron chi connectivity index (χ4n) is 2.27. The van der Waals surface area contributed by atoms with Crippen molar-refractivity contribution in [2.24, 2.45) is 4.99 Å². The second-order valence-electron chi connectivity index (χ2n) is 5.65. The van der Waals surface area contributed by atoms with Gasteiger partial charge in [-0.15, -0.1) is 0 Å². The van der Waals surface area contributed by atoms with Crippen LogP contribution < -0.4 is 0 Å². The predicted molar refractivity (Wildman–Crippen MR) is 94.9 cm³/mol. The molecule has 0 fully saturated rings. The molecule has 1 aromatic carbocycles. The molecule has 126 valence electrons. The van der Waals surface area contributed by atoms with Crippen molar-refractivity contribution in [2.45, 2.75) is 47.5 Å². The van der Waals surface area contributed by atoms with Crippen LogP contribution in [0.25, 0.3) is 5.57 Å². The van der Waals surface area contributed by atoms with Gasteiger partial charge in [-0.25, -0.2) is 4.39 Å². The van der Waals surface area contributed by atoms with Crippen LogP contribution in [-0.2, 0) is 4.79 Å². The van der Waals surface area contributed by atoms with Crippen molar-refractivity contribution in [3.8, 4) is 0 Å². The van der Waals surface area contributed by atoms with E-state index in [1.54, 1.807) is 19.1 Å². The van der Waals surface area contributed by atoms with E-state index >= 15 is 0 Å². The van der Waals surface area contributed by atoms with Crippen LogP contribution in [0.2, 0.25) is 0 Å². The Morgan fingerprint density at radius 1 is 1.13 bits per heavy atom. The van der Waals surface area contributed by atoms with E-state index in [-0.39, 0.29) is 11.7 Å². The molecule has 1 aromatic rings. The van der Waals surface area contributed by atoms with E-state index < -0.39 is 0 Å². The van der Waals surface area contributed by atoms with Gasteiger partial charge in [0.05, 0.1) is 0 Å². The number of benzene rings is 1. The molecule has 3 nitrogen and oxygen atoms in total. The van der Waals surface area contributed by atoms with E-state index in [9.17, 15) is 9.18 Å². The van der Waals surface area contributed by atoms with Crippen LogP contribution in [0.4, 0.5) is 4.39 Å². The van der Waals surface area contributed by atoms with Crippen LogP contribution >= 0.6 is 0 Å². The van der Waals surface area contributed by atoms with Crippen molar-refractivity contribution in [1.82, 2.24) is 4.90 Å². The molecule has 0 bridgehead atoms. The first-order chi connectivity index (χ1) is 10.9. The van der Waals surface area contributed by atoms with Crippen LogP contribution in [0.1, 0.15) is 53.0 Å². The fourth-order valence-corrected chi connectivity index (χ4v) is 2.27. The predicted octanol–water partition coefficient (Wildman–Crippen LogP) is 4.69. The smallest absolute Gasteiger partial charge is 0.267 e. The first kappa shape index (κ1) is 19.1. The molecule has 0 heterocycles. The lowest BCUT2D eigenvalue weighted by Gasteiger charge is -2.20. The molecule has 0 atom stereocenters. The van der Waals surface area contributed by atoms with E-state index in [1.807, 2.05) is 25.7 Å². The maximum Gasteiger partial charge on any atom is 0.267 e. The number of amides is 1. The highest BCUT2D eigenvalue weighted by molar-refractivity contribution is 6.38.